The van der Waals surface area contributed by atoms with E-state index < -0.39 is 5.97 Å². The van der Waals surface area contributed by atoms with Gasteiger partial charge in [0.2, 0.25) is 0 Å². The van der Waals surface area contributed by atoms with Crippen molar-refractivity contribution < 1.29 is 9.90 Å². The smallest absolute Gasteiger partial charge is 0.346 e. The molecule has 6 nitrogen and oxygen atoms in total. The first-order valence-electron chi connectivity index (χ1n) is 19.4. The number of carbonyl (C=O) groups is 1. The van der Waals surface area contributed by atoms with Crippen molar-refractivity contribution in [2.75, 3.05) is 4.90 Å². The van der Waals surface area contributed by atoms with Crippen LogP contribution in [0.2, 0.25) is 0 Å². The molecule has 10 rings (SSSR count). The SMILES string of the molecule is Cc1ccc(N2c3ccc(-c4ccc(-c5ccc(-c6ccc(/C=C(/C#N)C(=O)O)s6)s5)c5nc(-c6ccccc6)c(-c6ccccc6)nc45)cc3C3CCCC32)cc1. The van der Waals surface area contributed by atoms with E-state index in [1.54, 1.807) is 17.4 Å². The largest absolute Gasteiger partial charge is 0.477 e. The minimum Gasteiger partial charge on any atom is -0.477 e. The van der Waals surface area contributed by atoms with Gasteiger partial charge in [-0.05, 0) is 85.5 Å². The van der Waals surface area contributed by atoms with E-state index in [1.165, 1.54) is 59.2 Å². The van der Waals surface area contributed by atoms with Gasteiger partial charge in [0.05, 0.1) is 22.4 Å². The Morgan fingerprint density at radius 1 is 0.724 bits per heavy atom. The molecule has 8 heteroatoms. The molecule has 1 fully saturated rings. The van der Waals surface area contributed by atoms with Gasteiger partial charge in [0.1, 0.15) is 11.6 Å². The Bertz CT molecular complexity index is 2940. The normalized spacial score (nSPS) is 16.0. The third-order valence-corrected chi connectivity index (χ3v) is 13.8. The third kappa shape index (κ3) is 6.29. The number of carboxylic acids is 1. The lowest BCUT2D eigenvalue weighted by molar-refractivity contribution is -0.132. The highest BCUT2D eigenvalue weighted by Gasteiger charge is 2.42. The Kier molecular flexibility index (Phi) is 9.05. The maximum absolute atomic E-state index is 11.5. The number of aryl methyl sites for hydroxylation is 1. The van der Waals surface area contributed by atoms with Crippen LogP contribution in [0.15, 0.2) is 145 Å². The number of anilines is 2. The van der Waals surface area contributed by atoms with E-state index in [1.807, 2.05) is 48.5 Å². The highest BCUT2D eigenvalue weighted by molar-refractivity contribution is 7.24. The van der Waals surface area contributed by atoms with E-state index in [-0.39, 0.29) is 5.57 Å². The van der Waals surface area contributed by atoms with Crippen molar-refractivity contribution in [2.45, 2.75) is 38.1 Å². The van der Waals surface area contributed by atoms with E-state index in [0.29, 0.717) is 16.8 Å². The van der Waals surface area contributed by atoms with Crippen LogP contribution in [0.5, 0.6) is 0 Å². The molecule has 0 saturated heterocycles. The lowest BCUT2D eigenvalue weighted by Crippen LogP contribution is -2.26. The molecule has 280 valence electrons. The Morgan fingerprint density at radius 2 is 1.36 bits per heavy atom. The molecule has 0 amide bonds. The van der Waals surface area contributed by atoms with Crippen LogP contribution in [0.4, 0.5) is 11.4 Å². The summed E-state index contributed by atoms with van der Waals surface area (Å²) < 4.78 is 0. The zero-order valence-corrected chi connectivity index (χ0v) is 33.2. The maximum atomic E-state index is 11.5. The number of thiophene rings is 2. The van der Waals surface area contributed by atoms with E-state index in [0.717, 1.165) is 64.9 Å². The second-order valence-electron chi connectivity index (χ2n) is 14.9. The van der Waals surface area contributed by atoms with Crippen LogP contribution in [-0.4, -0.2) is 27.1 Å². The molecule has 1 saturated carbocycles. The number of nitriles is 1. The van der Waals surface area contributed by atoms with Gasteiger partial charge >= 0.3 is 5.97 Å². The number of hydrogen-bond acceptors (Lipinski definition) is 7. The highest BCUT2D eigenvalue weighted by atomic mass is 32.1. The summed E-state index contributed by atoms with van der Waals surface area (Å²) in [5.41, 5.74) is 13.5. The van der Waals surface area contributed by atoms with Crippen molar-refractivity contribution in [3.8, 4) is 59.9 Å². The number of aromatic nitrogens is 2. The van der Waals surface area contributed by atoms with Crippen molar-refractivity contribution in [1.29, 1.82) is 5.26 Å². The Morgan fingerprint density at radius 3 is 2.05 bits per heavy atom. The molecule has 1 aliphatic heterocycles. The van der Waals surface area contributed by atoms with Gasteiger partial charge in [0.15, 0.2) is 0 Å². The van der Waals surface area contributed by atoms with Crippen LogP contribution in [-0.2, 0) is 4.79 Å². The molecule has 0 bridgehead atoms. The third-order valence-electron chi connectivity index (χ3n) is 11.4. The van der Waals surface area contributed by atoms with Crippen LogP contribution in [0.1, 0.15) is 41.2 Å². The molecule has 0 spiro atoms. The van der Waals surface area contributed by atoms with E-state index in [2.05, 4.69) is 103 Å². The van der Waals surface area contributed by atoms with Crippen LogP contribution in [0, 0.1) is 18.3 Å². The number of benzene rings is 5. The Hall–Kier alpha value is -6.66. The fourth-order valence-corrected chi connectivity index (χ4v) is 10.8. The molecular formula is C50H36N4O2S2. The molecule has 4 heterocycles. The molecule has 2 atom stereocenters. The van der Waals surface area contributed by atoms with Crippen LogP contribution >= 0.6 is 22.7 Å². The molecule has 5 aromatic carbocycles. The fraction of sp³-hybridized carbons (Fsp3) is 0.120. The first-order chi connectivity index (χ1) is 28.4. The van der Waals surface area contributed by atoms with Crippen LogP contribution in [0.3, 0.4) is 0 Å². The van der Waals surface area contributed by atoms with Crippen molar-refractivity contribution in [3.05, 3.63) is 161 Å². The zero-order valence-electron chi connectivity index (χ0n) is 31.6. The average Bonchev–Trinajstić information content (AvgIpc) is 4.09. The summed E-state index contributed by atoms with van der Waals surface area (Å²) in [5.74, 6) is -0.754. The standard InChI is InChI=1S/C50H36N4O2S2/c1-30-15-18-35(19-16-30)54-41-14-8-13-38(41)40-28-33(17-23-42(40)54)37-21-22-39(43-25-26-45(58-43)44-24-20-36(57-44)27-34(29-51)50(55)56)49-48(37)52-46(31-9-4-2-5-10-31)47(53-49)32-11-6-3-7-12-32/h2-7,9-12,15-28,38,41H,8,13-14H2,1H3,(H,55,56)/b34-27-. The molecule has 1 N–H and O–H groups in total. The molecule has 58 heavy (non-hydrogen) atoms. The monoisotopic (exact) mass is 788 g/mol. The highest BCUT2D eigenvalue weighted by Crippen LogP contribution is 2.53. The second-order valence-corrected chi connectivity index (χ2v) is 17.1. The number of hydrogen-bond donors (Lipinski definition) is 1. The van der Waals surface area contributed by atoms with Gasteiger partial charge in [-0.15, -0.1) is 22.7 Å². The molecule has 1 aliphatic carbocycles. The number of nitrogens with zero attached hydrogens (tertiary/aromatic N) is 4. The second kappa shape index (κ2) is 14.7. The minimum absolute atomic E-state index is 0.287. The van der Waals surface area contributed by atoms with Gasteiger partial charge in [0, 0.05) is 65.1 Å². The minimum atomic E-state index is -1.23. The molecule has 2 aliphatic rings. The molecule has 0 radical (unpaired) electrons. The van der Waals surface area contributed by atoms with Gasteiger partial charge in [0.25, 0.3) is 0 Å². The lowest BCUT2D eigenvalue weighted by atomic mass is 9.92. The zero-order chi connectivity index (χ0) is 39.3. The van der Waals surface area contributed by atoms with Crippen molar-refractivity contribution in [3.63, 3.8) is 0 Å². The molecular weight excluding hydrogens is 753 g/mol. The van der Waals surface area contributed by atoms with E-state index in [4.69, 9.17) is 9.97 Å². The van der Waals surface area contributed by atoms with Crippen LogP contribution in [0.25, 0.3) is 70.9 Å². The van der Waals surface area contributed by atoms with Crippen molar-refractivity contribution in [2.24, 2.45) is 0 Å². The van der Waals surface area contributed by atoms with Gasteiger partial charge < -0.3 is 10.0 Å². The van der Waals surface area contributed by atoms with Crippen molar-refractivity contribution >= 4 is 57.1 Å². The summed E-state index contributed by atoms with van der Waals surface area (Å²) in [5, 5.41) is 18.7. The summed E-state index contributed by atoms with van der Waals surface area (Å²) in [6, 6.07) is 51.3. The van der Waals surface area contributed by atoms with E-state index >= 15 is 0 Å². The molecule has 8 aromatic rings. The summed E-state index contributed by atoms with van der Waals surface area (Å²) >= 11 is 3.12. The van der Waals surface area contributed by atoms with Crippen LogP contribution < -0.4 is 4.90 Å². The summed E-state index contributed by atoms with van der Waals surface area (Å²) in [6.07, 6.45) is 5.02. The quantitative estimate of drug-likeness (QED) is 0.122. The average molecular weight is 789 g/mol. The summed E-state index contributed by atoms with van der Waals surface area (Å²) in [6.45, 7) is 2.14. The predicted octanol–water partition coefficient (Wildman–Crippen LogP) is 13.2. The fourth-order valence-electron chi connectivity index (χ4n) is 8.69. The molecule has 2 unspecified atom stereocenters. The number of carboxylic acid groups (broad SMARTS) is 1. The summed E-state index contributed by atoms with van der Waals surface area (Å²) in [4.78, 5) is 29.0. The van der Waals surface area contributed by atoms with Gasteiger partial charge in [-0.1, -0.05) is 103 Å². The summed E-state index contributed by atoms with van der Waals surface area (Å²) in [7, 11) is 0. The first-order valence-corrected chi connectivity index (χ1v) is 21.1. The first kappa shape index (κ1) is 35.7. The number of aliphatic carboxylic acids is 1. The number of rotatable bonds is 8. The Balaban J connectivity index is 1.15. The maximum Gasteiger partial charge on any atom is 0.346 e. The van der Waals surface area contributed by atoms with Gasteiger partial charge in [-0.2, -0.15) is 5.26 Å². The van der Waals surface area contributed by atoms with E-state index in [9.17, 15) is 15.2 Å². The van der Waals surface area contributed by atoms with Crippen molar-refractivity contribution in [1.82, 2.24) is 9.97 Å². The molecule has 3 aromatic heterocycles. The predicted molar refractivity (Wildman–Crippen MR) is 237 cm³/mol. The van der Waals surface area contributed by atoms with Gasteiger partial charge in [-0.25, -0.2) is 14.8 Å². The number of fused-ring (bicyclic) bond motifs is 4. The Labute approximate surface area is 344 Å². The lowest BCUT2D eigenvalue weighted by Gasteiger charge is -2.27. The topological polar surface area (TPSA) is 90.1 Å². The van der Waals surface area contributed by atoms with Gasteiger partial charge in [-0.3, -0.25) is 0 Å².